The molecule has 0 radical (unpaired) electrons. The van der Waals surface area contributed by atoms with Crippen molar-refractivity contribution in [1.82, 2.24) is 31.2 Å². The van der Waals surface area contributed by atoms with E-state index in [1.54, 1.807) is 12.3 Å². The number of carbonyl (C=O) groups excluding carboxylic acids is 4. The first-order valence-electron chi connectivity index (χ1n) is 13.6. The topological polar surface area (TPSA) is 155 Å². The molecule has 41 heavy (non-hydrogen) atoms. The molecule has 0 aliphatic carbocycles. The van der Waals surface area contributed by atoms with Crippen molar-refractivity contribution < 1.29 is 23.6 Å². The third-order valence-electron chi connectivity index (χ3n) is 6.55. The number of aromatic nitrogens is 2. The first-order chi connectivity index (χ1) is 19.0. The van der Waals surface area contributed by atoms with Crippen molar-refractivity contribution in [2.75, 3.05) is 0 Å². The number of nitrogens with zero attached hydrogens (tertiary/aromatic N) is 2. The van der Waals surface area contributed by atoms with Crippen molar-refractivity contribution >= 4 is 23.6 Å². The Morgan fingerprint density at radius 3 is 1.78 bits per heavy atom. The van der Waals surface area contributed by atoms with Gasteiger partial charge in [-0.2, -0.15) is 0 Å². The zero-order chi connectivity index (χ0) is 30.5. The molecule has 0 saturated carbocycles. The predicted molar refractivity (Wildman–Crippen MR) is 154 cm³/mol. The highest BCUT2D eigenvalue weighted by Gasteiger charge is 2.29. The number of rotatable bonds is 4. The van der Waals surface area contributed by atoms with E-state index >= 15 is 0 Å². The van der Waals surface area contributed by atoms with Gasteiger partial charge in [-0.1, -0.05) is 60.8 Å². The first kappa shape index (κ1) is 31.3. The summed E-state index contributed by atoms with van der Waals surface area (Å²) in [5, 5.41) is 10.6. The Labute approximate surface area is 240 Å². The van der Waals surface area contributed by atoms with E-state index in [9.17, 15) is 19.2 Å². The highest BCUT2D eigenvalue weighted by Crippen LogP contribution is 2.22. The third kappa shape index (κ3) is 8.60. The van der Waals surface area contributed by atoms with Crippen molar-refractivity contribution in [3.8, 4) is 0 Å². The van der Waals surface area contributed by atoms with E-state index in [1.165, 1.54) is 6.20 Å². The molecule has 0 spiro atoms. The number of amides is 4. The number of oxazole rings is 1. The van der Waals surface area contributed by atoms with Crippen LogP contribution in [0, 0.1) is 0 Å². The van der Waals surface area contributed by atoms with Gasteiger partial charge in [0.1, 0.15) is 17.8 Å². The highest BCUT2D eigenvalue weighted by atomic mass is 16.4. The zero-order valence-corrected chi connectivity index (χ0v) is 24.6. The maximum Gasteiger partial charge on any atom is 0.289 e. The van der Waals surface area contributed by atoms with E-state index in [4.69, 9.17) is 4.42 Å². The summed E-state index contributed by atoms with van der Waals surface area (Å²) in [6.45, 7) is 19.5. The highest BCUT2D eigenvalue weighted by molar-refractivity contribution is 5.97. The molecule has 2 fully saturated rings. The SMILES string of the molecule is C=C1CCC(NC(=O)c2ccc(C(C)(C)C)cn2)C(=O)N1.C=C1CCC(NC(=O)c2cnc(C(C)(C)C)o2)C(=O)N1. The maximum absolute atomic E-state index is 12.1. The van der Waals surface area contributed by atoms with Crippen molar-refractivity contribution in [3.63, 3.8) is 0 Å². The normalized spacial score (nSPS) is 19.4. The Morgan fingerprint density at radius 2 is 1.37 bits per heavy atom. The van der Waals surface area contributed by atoms with E-state index in [0.717, 1.165) is 5.56 Å². The minimum Gasteiger partial charge on any atom is -0.435 e. The predicted octanol–water partition coefficient (Wildman–Crippen LogP) is 3.40. The Hall–Kier alpha value is -4.28. The number of hydrogen-bond donors (Lipinski definition) is 4. The van der Waals surface area contributed by atoms with Crippen LogP contribution in [-0.4, -0.2) is 45.7 Å². The van der Waals surface area contributed by atoms with Crippen molar-refractivity contribution in [1.29, 1.82) is 0 Å². The van der Waals surface area contributed by atoms with Gasteiger partial charge in [0.05, 0.1) is 6.20 Å². The lowest BCUT2D eigenvalue weighted by Crippen LogP contribution is -2.49. The number of pyridine rings is 1. The third-order valence-corrected chi connectivity index (χ3v) is 6.55. The lowest BCUT2D eigenvalue weighted by molar-refractivity contribution is -0.124. The van der Waals surface area contributed by atoms with Crippen LogP contribution < -0.4 is 21.3 Å². The largest absolute Gasteiger partial charge is 0.435 e. The van der Waals surface area contributed by atoms with Crippen LogP contribution in [0.25, 0.3) is 0 Å². The molecule has 0 bridgehead atoms. The molecule has 2 aromatic rings. The van der Waals surface area contributed by atoms with Crippen LogP contribution >= 0.6 is 0 Å². The number of hydrogen-bond acceptors (Lipinski definition) is 7. The number of piperidine rings is 2. The molecular formula is C30H40N6O5. The van der Waals surface area contributed by atoms with Gasteiger partial charge in [-0.25, -0.2) is 4.98 Å². The number of nitrogens with one attached hydrogen (secondary N) is 4. The molecule has 11 heteroatoms. The van der Waals surface area contributed by atoms with Gasteiger partial charge in [-0.05, 0) is 42.7 Å². The first-order valence-corrected chi connectivity index (χ1v) is 13.6. The average molecular weight is 565 g/mol. The van der Waals surface area contributed by atoms with Gasteiger partial charge in [0.15, 0.2) is 0 Å². The van der Waals surface area contributed by atoms with Gasteiger partial charge in [0, 0.05) is 23.0 Å². The van der Waals surface area contributed by atoms with E-state index in [1.807, 2.05) is 26.8 Å². The van der Waals surface area contributed by atoms with Gasteiger partial charge in [-0.15, -0.1) is 0 Å². The van der Waals surface area contributed by atoms with E-state index in [0.29, 0.717) is 48.7 Å². The van der Waals surface area contributed by atoms with Crippen LogP contribution in [-0.2, 0) is 20.4 Å². The minimum absolute atomic E-state index is 0.00831. The summed E-state index contributed by atoms with van der Waals surface area (Å²) in [7, 11) is 0. The average Bonchev–Trinajstić information content (AvgIpc) is 3.39. The summed E-state index contributed by atoms with van der Waals surface area (Å²) in [5.41, 5.74) is 2.48. The van der Waals surface area contributed by atoms with E-state index in [2.05, 4.69) is 65.2 Å². The molecule has 11 nitrogen and oxygen atoms in total. The smallest absolute Gasteiger partial charge is 0.289 e. The van der Waals surface area contributed by atoms with Crippen LogP contribution in [0.2, 0.25) is 0 Å². The summed E-state index contributed by atoms with van der Waals surface area (Å²) in [6, 6.07) is 2.50. The Morgan fingerprint density at radius 1 is 0.829 bits per heavy atom. The molecule has 4 N–H and O–H groups in total. The summed E-state index contributed by atoms with van der Waals surface area (Å²) >= 11 is 0. The van der Waals surface area contributed by atoms with Gasteiger partial charge in [0.25, 0.3) is 11.8 Å². The Bertz CT molecular complexity index is 1330. The summed E-state index contributed by atoms with van der Waals surface area (Å²) in [4.78, 5) is 55.9. The standard InChI is InChI=1S/C16H21N3O2.C14H19N3O3/c1-10-5-7-13(15(21)18-10)19-14(20)12-8-6-11(9-17-12)16(2,3)4;1-8-5-6-9(11(18)16-8)17-12(19)10-7-15-13(20-10)14(2,3)4/h6,8-9,13H,1,5,7H2,2-4H3,(H,18,21)(H,19,20);7,9H,1,5-6H2,2-4H3,(H,16,18)(H,17,19). The second kappa shape index (κ2) is 12.5. The van der Waals surface area contributed by atoms with Crippen LogP contribution in [0.5, 0.6) is 0 Å². The van der Waals surface area contributed by atoms with Crippen LogP contribution in [0.15, 0.2) is 53.5 Å². The second-order valence-electron chi connectivity index (χ2n) is 12.3. The minimum atomic E-state index is -0.559. The van der Waals surface area contributed by atoms with Gasteiger partial charge < -0.3 is 25.7 Å². The number of carbonyl (C=O) groups is 4. The molecule has 2 aliphatic rings. The van der Waals surface area contributed by atoms with E-state index in [-0.39, 0.29) is 34.3 Å². The van der Waals surface area contributed by atoms with Gasteiger partial charge >= 0.3 is 0 Å². The molecule has 2 unspecified atom stereocenters. The summed E-state index contributed by atoms with van der Waals surface area (Å²) in [6.07, 6.45) is 5.52. The molecule has 2 aliphatic heterocycles. The molecule has 2 atom stereocenters. The molecule has 4 amide bonds. The molecule has 2 saturated heterocycles. The lowest BCUT2D eigenvalue weighted by atomic mass is 9.88. The van der Waals surface area contributed by atoms with E-state index < -0.39 is 18.0 Å². The van der Waals surface area contributed by atoms with Crippen LogP contribution in [0.1, 0.15) is 99.7 Å². The quantitative estimate of drug-likeness (QED) is 0.444. The van der Waals surface area contributed by atoms with Crippen molar-refractivity contribution in [2.24, 2.45) is 0 Å². The molecule has 4 rings (SSSR count). The fourth-order valence-corrected chi connectivity index (χ4v) is 3.98. The second-order valence-corrected chi connectivity index (χ2v) is 12.3. The Balaban J connectivity index is 0.000000226. The molecule has 2 aromatic heterocycles. The monoisotopic (exact) mass is 564 g/mol. The molecule has 220 valence electrons. The lowest BCUT2D eigenvalue weighted by Gasteiger charge is -2.24. The van der Waals surface area contributed by atoms with Crippen LogP contribution in [0.3, 0.4) is 0 Å². The Kier molecular flexibility index (Phi) is 9.52. The number of allylic oxidation sites excluding steroid dienone is 2. The fourth-order valence-electron chi connectivity index (χ4n) is 3.98. The van der Waals surface area contributed by atoms with Gasteiger partial charge in [-0.3, -0.25) is 24.2 Å². The summed E-state index contributed by atoms with van der Waals surface area (Å²) in [5.74, 6) is -0.615. The molecule has 0 aromatic carbocycles. The molecule has 4 heterocycles. The summed E-state index contributed by atoms with van der Waals surface area (Å²) < 4.78 is 5.44. The van der Waals surface area contributed by atoms with Crippen molar-refractivity contribution in [3.05, 3.63) is 72.0 Å². The van der Waals surface area contributed by atoms with Gasteiger partial charge in [0.2, 0.25) is 23.5 Å². The fraction of sp³-hybridized carbons (Fsp3) is 0.467. The van der Waals surface area contributed by atoms with Crippen molar-refractivity contribution in [2.45, 2.75) is 90.1 Å². The zero-order valence-electron chi connectivity index (χ0n) is 24.6. The van der Waals surface area contributed by atoms with Crippen LogP contribution in [0.4, 0.5) is 0 Å². The molecular weight excluding hydrogens is 524 g/mol. The maximum atomic E-state index is 12.1.